The van der Waals surface area contributed by atoms with E-state index < -0.39 is 24.3 Å². The fourth-order valence-corrected chi connectivity index (χ4v) is 4.24. The van der Waals surface area contributed by atoms with Gasteiger partial charge in [0.1, 0.15) is 24.2 Å². The highest BCUT2D eigenvalue weighted by Crippen LogP contribution is 2.31. The molecule has 0 aromatic heterocycles. The Hall–Kier alpha value is -4.21. The molecule has 2 atom stereocenters. The predicted octanol–water partition coefficient (Wildman–Crippen LogP) is 5.81. The van der Waals surface area contributed by atoms with Gasteiger partial charge >= 0.3 is 12.1 Å². The second-order valence-corrected chi connectivity index (χ2v) is 9.07. The number of hydrogen-bond donors (Lipinski definition) is 3. The molecule has 0 spiro atoms. The molecule has 1 amide bonds. The van der Waals surface area contributed by atoms with E-state index in [9.17, 15) is 9.59 Å². The number of fused-ring (bicyclic) bond motifs is 1. The lowest BCUT2D eigenvalue weighted by molar-refractivity contribution is -0.141. The summed E-state index contributed by atoms with van der Waals surface area (Å²) in [6, 6.07) is 29.5. The molecular formula is C31H31NO7S. The number of anilines is 1. The van der Waals surface area contributed by atoms with Crippen molar-refractivity contribution in [3.63, 3.8) is 0 Å². The molecule has 0 aliphatic carbocycles. The van der Waals surface area contributed by atoms with E-state index in [0.29, 0.717) is 22.7 Å². The maximum Gasteiger partial charge on any atom is 0.412 e. The van der Waals surface area contributed by atoms with E-state index in [2.05, 4.69) is 17.9 Å². The van der Waals surface area contributed by atoms with Gasteiger partial charge in [-0.3, -0.25) is 10.1 Å². The van der Waals surface area contributed by atoms with Crippen LogP contribution < -0.4 is 14.8 Å². The first-order valence-corrected chi connectivity index (χ1v) is 13.5. The maximum absolute atomic E-state index is 13.3. The highest BCUT2D eigenvalue weighted by atomic mass is 32.1. The smallest absolute Gasteiger partial charge is 0.412 e. The average molecular weight is 562 g/mol. The fourth-order valence-electron chi connectivity index (χ4n) is 4.15. The number of para-hydroxylation sites is 1. The Morgan fingerprint density at radius 3 is 2.30 bits per heavy atom. The van der Waals surface area contributed by atoms with E-state index in [1.54, 1.807) is 42.5 Å². The zero-order valence-electron chi connectivity index (χ0n) is 21.8. The van der Waals surface area contributed by atoms with Crippen molar-refractivity contribution in [2.24, 2.45) is 0 Å². The number of aliphatic hydroxyl groups is 1. The summed E-state index contributed by atoms with van der Waals surface area (Å²) in [4.78, 5) is 25.0. The second kappa shape index (κ2) is 14.8. The Balaban J connectivity index is 1.62. The number of amides is 1. The summed E-state index contributed by atoms with van der Waals surface area (Å²) >= 11 is 3.96. The molecule has 0 aliphatic heterocycles. The van der Waals surface area contributed by atoms with Gasteiger partial charge in [-0.05, 0) is 41.3 Å². The van der Waals surface area contributed by atoms with Crippen LogP contribution in [0.15, 0.2) is 97.1 Å². The number of benzene rings is 4. The van der Waals surface area contributed by atoms with Gasteiger partial charge in [-0.15, -0.1) is 0 Å². The molecule has 4 rings (SSSR count). The van der Waals surface area contributed by atoms with Crippen LogP contribution in [0.25, 0.3) is 10.8 Å². The van der Waals surface area contributed by atoms with Crippen LogP contribution in [0.5, 0.6) is 11.5 Å². The highest BCUT2D eigenvalue weighted by Gasteiger charge is 2.30. The van der Waals surface area contributed by atoms with Crippen LogP contribution >= 0.6 is 12.6 Å². The number of rotatable bonds is 13. The summed E-state index contributed by atoms with van der Waals surface area (Å²) in [5, 5.41) is 13.8. The van der Waals surface area contributed by atoms with Crippen molar-refractivity contribution in [2.45, 2.75) is 18.6 Å². The first-order valence-electron chi connectivity index (χ1n) is 12.8. The van der Waals surface area contributed by atoms with Gasteiger partial charge in [-0.25, -0.2) is 4.79 Å². The zero-order chi connectivity index (χ0) is 28.2. The summed E-state index contributed by atoms with van der Waals surface area (Å²) in [7, 11) is 0. The van der Waals surface area contributed by atoms with Crippen molar-refractivity contribution in [1.82, 2.24) is 0 Å². The largest absolute Gasteiger partial charge is 0.491 e. The van der Waals surface area contributed by atoms with E-state index in [1.807, 2.05) is 54.6 Å². The molecule has 0 saturated carbocycles. The van der Waals surface area contributed by atoms with Gasteiger partial charge in [0, 0.05) is 11.8 Å². The van der Waals surface area contributed by atoms with Crippen molar-refractivity contribution in [2.75, 3.05) is 30.9 Å². The van der Waals surface area contributed by atoms with Crippen LogP contribution in [0.3, 0.4) is 0 Å². The van der Waals surface area contributed by atoms with Crippen LogP contribution in [0.1, 0.15) is 18.1 Å². The number of carbonyl (C=O) groups excluding carboxylic acids is 2. The molecule has 4 aromatic carbocycles. The average Bonchev–Trinajstić information content (AvgIpc) is 2.99. The predicted molar refractivity (Wildman–Crippen MR) is 156 cm³/mol. The van der Waals surface area contributed by atoms with Gasteiger partial charge < -0.3 is 24.1 Å². The fraction of sp³-hybridized carbons (Fsp3) is 0.226. The number of thiol groups is 1. The van der Waals surface area contributed by atoms with Crippen molar-refractivity contribution in [1.29, 1.82) is 0 Å². The van der Waals surface area contributed by atoms with Gasteiger partial charge in [-0.1, -0.05) is 66.7 Å². The Kier molecular flexibility index (Phi) is 10.7. The number of carbonyl (C=O) groups is 2. The van der Waals surface area contributed by atoms with Gasteiger partial charge in [0.15, 0.2) is 6.10 Å². The molecule has 8 nitrogen and oxygen atoms in total. The minimum Gasteiger partial charge on any atom is -0.491 e. The van der Waals surface area contributed by atoms with Gasteiger partial charge in [-0.2, -0.15) is 12.6 Å². The molecule has 0 saturated heterocycles. The van der Waals surface area contributed by atoms with Gasteiger partial charge in [0.05, 0.1) is 24.7 Å². The van der Waals surface area contributed by atoms with Crippen LogP contribution in [0.2, 0.25) is 0 Å². The van der Waals surface area contributed by atoms with Crippen LogP contribution in [-0.4, -0.2) is 48.8 Å². The van der Waals surface area contributed by atoms with E-state index >= 15 is 0 Å². The number of hydrogen-bond acceptors (Lipinski definition) is 8. The third kappa shape index (κ3) is 8.14. The number of aliphatic hydroxyl groups excluding tert-OH is 1. The zero-order valence-corrected chi connectivity index (χ0v) is 22.7. The SMILES string of the molecule is O=C(CS)OCC[C@@H](Oc1ccccc1)[C@H](OC(=O)Nc1cccc2ccccc12)c1ccc(OCCO)cc1. The minimum atomic E-state index is -0.878. The molecule has 0 unspecified atom stereocenters. The van der Waals surface area contributed by atoms with E-state index in [0.717, 1.165) is 10.8 Å². The first kappa shape index (κ1) is 28.8. The monoisotopic (exact) mass is 561 g/mol. The molecule has 40 heavy (non-hydrogen) atoms. The Labute approximate surface area is 238 Å². The van der Waals surface area contributed by atoms with Crippen LogP contribution in [0, 0.1) is 0 Å². The summed E-state index contributed by atoms with van der Waals surface area (Å²) in [6.07, 6.45) is -2.02. The third-order valence-corrected chi connectivity index (χ3v) is 6.25. The lowest BCUT2D eigenvalue weighted by Crippen LogP contribution is -2.32. The normalized spacial score (nSPS) is 12.2. The summed E-state index contributed by atoms with van der Waals surface area (Å²) in [5.74, 6) is 0.615. The van der Waals surface area contributed by atoms with Crippen molar-refractivity contribution < 1.29 is 33.6 Å². The highest BCUT2D eigenvalue weighted by molar-refractivity contribution is 7.81. The topological polar surface area (TPSA) is 103 Å². The molecule has 2 N–H and O–H groups in total. The van der Waals surface area contributed by atoms with Gasteiger partial charge in [0.25, 0.3) is 0 Å². The standard InChI is InChI=1S/C31H31NO7S/c33-18-20-36-24-15-13-23(14-16-24)30(28(17-19-37-29(34)21-40)38-25-9-2-1-3-10-25)39-31(35)32-27-12-6-8-22-7-4-5-11-26(22)27/h1-16,28,30,33,40H,17-21H2,(H,32,35)/t28-,30-/m1/s1. The second-order valence-electron chi connectivity index (χ2n) is 8.76. The molecule has 0 aliphatic rings. The molecule has 0 bridgehead atoms. The molecule has 4 aromatic rings. The Bertz CT molecular complexity index is 1380. The van der Waals surface area contributed by atoms with E-state index in [1.165, 1.54) is 0 Å². The maximum atomic E-state index is 13.3. The van der Waals surface area contributed by atoms with Crippen LogP contribution in [0.4, 0.5) is 10.5 Å². The first-order chi connectivity index (χ1) is 19.6. The Morgan fingerprint density at radius 2 is 1.55 bits per heavy atom. The van der Waals surface area contributed by atoms with Crippen molar-refractivity contribution in [3.05, 3.63) is 103 Å². The molecule has 0 heterocycles. The number of nitrogens with one attached hydrogen (secondary N) is 1. The van der Waals surface area contributed by atoms with E-state index in [-0.39, 0.29) is 32.0 Å². The number of ether oxygens (including phenoxy) is 4. The molecule has 208 valence electrons. The molecule has 0 fully saturated rings. The quantitative estimate of drug-likeness (QED) is 0.140. The van der Waals surface area contributed by atoms with Crippen molar-refractivity contribution in [3.8, 4) is 11.5 Å². The molecule has 9 heteroatoms. The lowest BCUT2D eigenvalue weighted by atomic mass is 10.0. The lowest BCUT2D eigenvalue weighted by Gasteiger charge is -2.28. The van der Waals surface area contributed by atoms with Crippen LogP contribution in [-0.2, 0) is 14.3 Å². The summed E-state index contributed by atoms with van der Waals surface area (Å²) < 4.78 is 23.0. The third-order valence-electron chi connectivity index (χ3n) is 5.99. The summed E-state index contributed by atoms with van der Waals surface area (Å²) in [5.41, 5.74) is 1.25. The van der Waals surface area contributed by atoms with Gasteiger partial charge in [0.2, 0.25) is 0 Å². The van der Waals surface area contributed by atoms with Crippen molar-refractivity contribution >= 4 is 41.2 Å². The Morgan fingerprint density at radius 1 is 0.825 bits per heavy atom. The number of esters is 1. The summed E-state index contributed by atoms with van der Waals surface area (Å²) in [6.45, 7) is 0.0855. The molecular weight excluding hydrogens is 530 g/mol. The molecule has 0 radical (unpaired) electrons. The minimum absolute atomic E-state index is 0.0411. The van der Waals surface area contributed by atoms with E-state index in [4.69, 9.17) is 24.1 Å².